The second kappa shape index (κ2) is 3.74. The van der Waals surface area contributed by atoms with Crippen LogP contribution in [0, 0.1) is 19.8 Å². The summed E-state index contributed by atoms with van der Waals surface area (Å²) in [6, 6.07) is 7.29. The topological polar surface area (TPSA) is 12.0 Å². The highest BCUT2D eigenvalue weighted by Crippen LogP contribution is 2.29. The van der Waals surface area contributed by atoms with Crippen LogP contribution >= 0.6 is 0 Å². The van der Waals surface area contributed by atoms with Crippen LogP contribution in [0.15, 0.2) is 18.2 Å². The molecule has 2 atom stereocenters. The Labute approximate surface area is 86.5 Å². The molecule has 14 heavy (non-hydrogen) atoms. The fraction of sp³-hybridized carbons (Fsp3) is 0.538. The highest BCUT2D eigenvalue weighted by Gasteiger charge is 2.31. The van der Waals surface area contributed by atoms with Gasteiger partial charge in [0.05, 0.1) is 0 Å². The summed E-state index contributed by atoms with van der Waals surface area (Å²) < 4.78 is 0. The summed E-state index contributed by atoms with van der Waals surface area (Å²) in [5.41, 5.74) is 4.29. The van der Waals surface area contributed by atoms with Crippen LogP contribution in [0.2, 0.25) is 0 Å². The van der Waals surface area contributed by atoms with Crippen LogP contribution in [0.25, 0.3) is 0 Å². The number of rotatable bonds is 3. The third kappa shape index (κ3) is 1.98. The van der Waals surface area contributed by atoms with Crippen LogP contribution < -0.4 is 5.32 Å². The monoisotopic (exact) mass is 189 g/mol. The van der Waals surface area contributed by atoms with E-state index in [1.54, 1.807) is 0 Å². The average molecular weight is 189 g/mol. The molecule has 1 fully saturated rings. The lowest BCUT2D eigenvalue weighted by atomic mass is 10.0. The van der Waals surface area contributed by atoms with Gasteiger partial charge in [-0.3, -0.25) is 0 Å². The number of aryl methyl sites for hydroxylation is 2. The second-order valence-corrected chi connectivity index (χ2v) is 4.57. The van der Waals surface area contributed by atoms with Crippen molar-refractivity contribution in [3.8, 4) is 0 Å². The number of benzene rings is 1. The minimum Gasteiger partial charge on any atom is -0.310 e. The van der Waals surface area contributed by atoms with E-state index in [0.29, 0.717) is 0 Å². The fourth-order valence-corrected chi connectivity index (χ4v) is 1.97. The van der Waals surface area contributed by atoms with Crippen molar-refractivity contribution in [2.45, 2.75) is 39.8 Å². The van der Waals surface area contributed by atoms with Crippen molar-refractivity contribution in [1.82, 2.24) is 5.32 Å². The quantitative estimate of drug-likeness (QED) is 0.771. The molecule has 1 aromatic rings. The Morgan fingerprint density at radius 1 is 1.29 bits per heavy atom. The van der Waals surface area contributed by atoms with E-state index >= 15 is 0 Å². The Morgan fingerprint density at radius 3 is 2.36 bits per heavy atom. The molecule has 1 aliphatic rings. The number of nitrogens with one attached hydrogen (secondary N) is 1. The summed E-state index contributed by atoms with van der Waals surface area (Å²) in [6.45, 7) is 7.73. The van der Waals surface area contributed by atoms with Crippen LogP contribution in [0.1, 0.15) is 30.0 Å². The van der Waals surface area contributed by atoms with Crippen LogP contribution in [0.3, 0.4) is 0 Å². The minimum absolute atomic E-state index is 0.772. The predicted molar refractivity (Wildman–Crippen MR) is 60.3 cm³/mol. The maximum absolute atomic E-state index is 3.60. The van der Waals surface area contributed by atoms with Crippen molar-refractivity contribution in [3.63, 3.8) is 0 Å². The highest BCUT2D eigenvalue weighted by atomic mass is 15.0. The minimum atomic E-state index is 0.772. The van der Waals surface area contributed by atoms with Crippen LogP contribution in [0.4, 0.5) is 0 Å². The maximum atomic E-state index is 3.60. The smallest absolute Gasteiger partial charge is 0.0213 e. The molecule has 1 saturated carbocycles. The van der Waals surface area contributed by atoms with E-state index in [1.165, 1.54) is 23.1 Å². The van der Waals surface area contributed by atoms with Gasteiger partial charge in [-0.1, -0.05) is 25.1 Å². The van der Waals surface area contributed by atoms with Crippen LogP contribution in [0.5, 0.6) is 0 Å². The molecule has 2 unspecified atom stereocenters. The predicted octanol–water partition coefficient (Wildman–Crippen LogP) is 2.80. The Kier molecular flexibility index (Phi) is 2.60. The van der Waals surface area contributed by atoms with Gasteiger partial charge in [0.25, 0.3) is 0 Å². The van der Waals surface area contributed by atoms with Gasteiger partial charge in [0.15, 0.2) is 0 Å². The van der Waals surface area contributed by atoms with Gasteiger partial charge in [0.1, 0.15) is 0 Å². The second-order valence-electron chi connectivity index (χ2n) is 4.57. The third-order valence-corrected chi connectivity index (χ3v) is 3.29. The molecule has 1 heteroatoms. The van der Waals surface area contributed by atoms with Gasteiger partial charge in [-0.2, -0.15) is 0 Å². The molecule has 2 rings (SSSR count). The van der Waals surface area contributed by atoms with Gasteiger partial charge >= 0.3 is 0 Å². The molecule has 0 aromatic heterocycles. The standard InChI is InChI=1S/C13H19N/c1-9-5-4-6-10(2)12(9)8-14-13-7-11(13)3/h4-6,11,13-14H,7-8H2,1-3H3. The Hall–Kier alpha value is -0.820. The largest absolute Gasteiger partial charge is 0.310 e. The third-order valence-electron chi connectivity index (χ3n) is 3.29. The molecule has 0 bridgehead atoms. The van der Waals surface area contributed by atoms with E-state index in [1.807, 2.05) is 0 Å². The zero-order valence-corrected chi connectivity index (χ0v) is 9.30. The number of hydrogen-bond donors (Lipinski definition) is 1. The first-order chi connectivity index (χ1) is 6.68. The first kappa shape index (κ1) is 9.72. The molecule has 0 amide bonds. The van der Waals surface area contributed by atoms with Crippen LogP contribution in [-0.2, 0) is 6.54 Å². The van der Waals surface area contributed by atoms with Gasteiger partial charge in [-0.05, 0) is 42.9 Å². The van der Waals surface area contributed by atoms with Crippen molar-refractivity contribution < 1.29 is 0 Å². The molecular weight excluding hydrogens is 170 g/mol. The first-order valence-electron chi connectivity index (χ1n) is 5.47. The summed E-state index contributed by atoms with van der Waals surface area (Å²) in [7, 11) is 0. The van der Waals surface area contributed by atoms with E-state index in [2.05, 4.69) is 44.3 Å². The summed E-state index contributed by atoms with van der Waals surface area (Å²) in [5, 5.41) is 3.60. The van der Waals surface area contributed by atoms with Gasteiger partial charge in [-0.15, -0.1) is 0 Å². The van der Waals surface area contributed by atoms with E-state index in [0.717, 1.165) is 18.5 Å². The zero-order chi connectivity index (χ0) is 10.1. The van der Waals surface area contributed by atoms with E-state index < -0.39 is 0 Å². The average Bonchev–Trinajstić information content (AvgIpc) is 2.81. The molecule has 1 N–H and O–H groups in total. The molecule has 0 heterocycles. The van der Waals surface area contributed by atoms with Gasteiger partial charge in [0, 0.05) is 12.6 Å². The number of hydrogen-bond acceptors (Lipinski definition) is 1. The van der Waals surface area contributed by atoms with E-state index in [-0.39, 0.29) is 0 Å². The lowest BCUT2D eigenvalue weighted by Crippen LogP contribution is -2.18. The molecule has 1 nitrogen and oxygen atoms in total. The molecule has 0 aliphatic heterocycles. The Morgan fingerprint density at radius 2 is 1.86 bits per heavy atom. The molecule has 0 radical (unpaired) electrons. The molecule has 0 saturated heterocycles. The van der Waals surface area contributed by atoms with Gasteiger partial charge in [0.2, 0.25) is 0 Å². The van der Waals surface area contributed by atoms with Crippen molar-refractivity contribution in [2.75, 3.05) is 0 Å². The van der Waals surface area contributed by atoms with Crippen molar-refractivity contribution in [1.29, 1.82) is 0 Å². The zero-order valence-electron chi connectivity index (χ0n) is 9.30. The van der Waals surface area contributed by atoms with Crippen molar-refractivity contribution >= 4 is 0 Å². The molecule has 76 valence electrons. The summed E-state index contributed by atoms with van der Waals surface area (Å²) in [6.07, 6.45) is 1.35. The summed E-state index contributed by atoms with van der Waals surface area (Å²) >= 11 is 0. The Bertz CT molecular complexity index is 310. The van der Waals surface area contributed by atoms with Gasteiger partial charge < -0.3 is 5.32 Å². The Balaban J connectivity index is 2.01. The van der Waals surface area contributed by atoms with E-state index in [4.69, 9.17) is 0 Å². The van der Waals surface area contributed by atoms with E-state index in [9.17, 15) is 0 Å². The lowest BCUT2D eigenvalue weighted by molar-refractivity contribution is 0.648. The SMILES string of the molecule is Cc1cccc(C)c1CNC1CC1C. The van der Waals surface area contributed by atoms with Crippen molar-refractivity contribution in [2.24, 2.45) is 5.92 Å². The van der Waals surface area contributed by atoms with Crippen molar-refractivity contribution in [3.05, 3.63) is 34.9 Å². The fourth-order valence-electron chi connectivity index (χ4n) is 1.97. The molecule has 0 spiro atoms. The normalized spacial score (nSPS) is 25.1. The van der Waals surface area contributed by atoms with Crippen LogP contribution in [-0.4, -0.2) is 6.04 Å². The summed E-state index contributed by atoms with van der Waals surface area (Å²) in [4.78, 5) is 0. The first-order valence-corrected chi connectivity index (χ1v) is 5.47. The maximum Gasteiger partial charge on any atom is 0.0213 e. The summed E-state index contributed by atoms with van der Waals surface area (Å²) in [5.74, 6) is 0.888. The molecule has 1 aliphatic carbocycles. The lowest BCUT2D eigenvalue weighted by Gasteiger charge is -2.10. The molecular formula is C13H19N. The molecule has 1 aromatic carbocycles. The van der Waals surface area contributed by atoms with Gasteiger partial charge in [-0.25, -0.2) is 0 Å². The highest BCUT2D eigenvalue weighted by molar-refractivity contribution is 5.33.